The van der Waals surface area contributed by atoms with Crippen LogP contribution >= 0.6 is 11.6 Å². The number of carbonyl (C=O) groups is 2. The normalized spacial score (nSPS) is 22.9. The summed E-state index contributed by atoms with van der Waals surface area (Å²) in [5.41, 5.74) is -0.378. The highest BCUT2D eigenvalue weighted by molar-refractivity contribution is 6.33. The number of alkyl halides is 3. The van der Waals surface area contributed by atoms with Crippen LogP contribution in [0.3, 0.4) is 0 Å². The molecule has 1 aliphatic carbocycles. The average Bonchev–Trinajstić information content (AvgIpc) is 3.64. The molecule has 15 heteroatoms. The number of hydrogen-bond donors (Lipinski definition) is 2. The fraction of sp³-hybridized carbons (Fsp3) is 0.382. The van der Waals surface area contributed by atoms with Crippen molar-refractivity contribution in [1.82, 2.24) is 24.9 Å². The third-order valence-electron chi connectivity index (χ3n) is 9.82. The van der Waals surface area contributed by atoms with E-state index in [0.29, 0.717) is 49.7 Å². The van der Waals surface area contributed by atoms with Gasteiger partial charge in [-0.15, -0.1) is 0 Å². The van der Waals surface area contributed by atoms with Gasteiger partial charge in [0.15, 0.2) is 6.23 Å². The van der Waals surface area contributed by atoms with Gasteiger partial charge in [-0.3, -0.25) is 19.1 Å². The van der Waals surface area contributed by atoms with E-state index in [2.05, 4.69) is 37.6 Å². The molecule has 2 N–H and O–H groups in total. The largest absolute Gasteiger partial charge is 0.416 e. The lowest BCUT2D eigenvalue weighted by atomic mass is 9.76. The van der Waals surface area contributed by atoms with Crippen LogP contribution in [0.2, 0.25) is 5.02 Å². The van der Waals surface area contributed by atoms with Crippen molar-refractivity contribution < 1.29 is 27.5 Å². The number of ether oxygens (including phenoxy) is 1. The number of anilines is 2. The summed E-state index contributed by atoms with van der Waals surface area (Å²) in [5, 5.41) is 15.4. The molecule has 0 bridgehead atoms. The predicted octanol–water partition coefficient (Wildman–Crippen LogP) is 4.45. The van der Waals surface area contributed by atoms with Crippen molar-refractivity contribution in [1.29, 1.82) is 0 Å². The molecule has 4 aromatic rings. The molecule has 2 aromatic carbocycles. The first-order chi connectivity index (χ1) is 23.5. The van der Waals surface area contributed by atoms with Crippen LogP contribution in [0, 0.1) is 17.8 Å². The molecule has 49 heavy (non-hydrogen) atoms. The third kappa shape index (κ3) is 5.70. The number of aromatic nitrogens is 4. The Kier molecular flexibility index (Phi) is 7.45. The minimum absolute atomic E-state index is 0.0871. The average molecular weight is 692 g/mol. The van der Waals surface area contributed by atoms with Crippen molar-refractivity contribution in [2.45, 2.75) is 62.2 Å². The zero-order valence-corrected chi connectivity index (χ0v) is 26.6. The topological polar surface area (TPSA) is 127 Å². The number of carbonyl (C=O) groups excluding carboxylic acids is 2. The van der Waals surface area contributed by atoms with Gasteiger partial charge in [0, 0.05) is 36.8 Å². The first-order valence-corrected chi connectivity index (χ1v) is 16.3. The molecule has 4 aliphatic rings. The highest BCUT2D eigenvalue weighted by Gasteiger charge is 2.50. The first-order valence-electron chi connectivity index (χ1n) is 15.9. The molecule has 0 radical (unpaired) electrons. The van der Waals surface area contributed by atoms with Gasteiger partial charge in [-0.1, -0.05) is 23.4 Å². The molecule has 3 aliphatic heterocycles. The number of amides is 2. The molecule has 3 unspecified atom stereocenters. The first kappa shape index (κ1) is 31.4. The minimum atomic E-state index is -4.54. The Balaban J connectivity index is 0.908. The van der Waals surface area contributed by atoms with Crippen LogP contribution in [0.15, 0.2) is 59.8 Å². The van der Waals surface area contributed by atoms with E-state index < -0.39 is 23.2 Å². The number of hydrogen-bond acceptors (Lipinski definition) is 7. The summed E-state index contributed by atoms with van der Waals surface area (Å²) in [6.45, 7) is 1.39. The maximum atomic E-state index is 13.3. The Bertz CT molecular complexity index is 2130. The van der Waals surface area contributed by atoms with Gasteiger partial charge in [-0.25, -0.2) is 4.68 Å². The summed E-state index contributed by atoms with van der Waals surface area (Å²) in [7, 11) is 0. The van der Waals surface area contributed by atoms with Gasteiger partial charge < -0.3 is 20.3 Å². The van der Waals surface area contributed by atoms with Crippen LogP contribution in [-0.2, 0) is 26.0 Å². The zero-order chi connectivity index (χ0) is 34.1. The third-order valence-corrected chi connectivity index (χ3v) is 10.1. The molecule has 4 fully saturated rings. The molecule has 8 rings (SSSR count). The summed E-state index contributed by atoms with van der Waals surface area (Å²) in [6.07, 6.45) is 2.49. The smallest absolute Gasteiger partial charge is 0.369 e. The van der Waals surface area contributed by atoms with Gasteiger partial charge in [0.05, 0.1) is 51.6 Å². The lowest BCUT2D eigenvalue weighted by Crippen LogP contribution is -2.51. The molecule has 2 amide bonds. The van der Waals surface area contributed by atoms with Gasteiger partial charge in [-0.05, 0) is 62.1 Å². The van der Waals surface area contributed by atoms with Gasteiger partial charge in [0.2, 0.25) is 5.91 Å². The highest BCUT2D eigenvalue weighted by Crippen LogP contribution is 2.41. The monoisotopic (exact) mass is 691 g/mol. The lowest BCUT2D eigenvalue weighted by Gasteiger charge is -2.40. The predicted molar refractivity (Wildman–Crippen MR) is 173 cm³/mol. The molecule has 2 aromatic heterocycles. The van der Waals surface area contributed by atoms with Gasteiger partial charge >= 0.3 is 6.18 Å². The van der Waals surface area contributed by atoms with Crippen molar-refractivity contribution in [3.05, 3.63) is 81.5 Å². The Morgan fingerprint density at radius 3 is 2.65 bits per heavy atom. The molecular weight excluding hydrogens is 663 g/mol. The summed E-state index contributed by atoms with van der Waals surface area (Å²) in [4.78, 5) is 40.7. The zero-order valence-electron chi connectivity index (χ0n) is 25.8. The van der Waals surface area contributed by atoms with E-state index in [1.165, 1.54) is 4.68 Å². The molecule has 5 heterocycles. The highest BCUT2D eigenvalue weighted by atomic mass is 35.5. The number of halogens is 4. The Morgan fingerprint density at radius 1 is 1.10 bits per heavy atom. The number of fused-ring (bicyclic) bond motifs is 2. The molecule has 1 saturated carbocycles. The second-order valence-electron chi connectivity index (χ2n) is 12.9. The van der Waals surface area contributed by atoms with Crippen molar-refractivity contribution in [3.8, 4) is 11.8 Å². The van der Waals surface area contributed by atoms with Crippen LogP contribution in [0.4, 0.5) is 24.5 Å². The minimum Gasteiger partial charge on any atom is -0.369 e. The fourth-order valence-electron chi connectivity index (χ4n) is 6.74. The maximum absolute atomic E-state index is 13.3. The molecule has 3 saturated heterocycles. The molecule has 11 nitrogen and oxygen atoms in total. The van der Waals surface area contributed by atoms with Crippen LogP contribution in [0.25, 0.3) is 10.8 Å². The Hall–Kier alpha value is -4.87. The Morgan fingerprint density at radius 2 is 1.92 bits per heavy atom. The summed E-state index contributed by atoms with van der Waals surface area (Å²) >= 11 is 6.07. The summed E-state index contributed by atoms with van der Waals surface area (Å²) in [5.74, 6) is 6.05. The number of rotatable bonds is 5. The quantitative estimate of drug-likeness (QED) is 0.234. The second-order valence-corrected chi connectivity index (χ2v) is 13.3. The van der Waals surface area contributed by atoms with Crippen molar-refractivity contribution in [2.24, 2.45) is 5.92 Å². The van der Waals surface area contributed by atoms with Gasteiger partial charge in [0.25, 0.3) is 11.5 Å². The second kappa shape index (κ2) is 11.6. The number of benzene rings is 2. The van der Waals surface area contributed by atoms with E-state index in [1.54, 1.807) is 23.3 Å². The fourth-order valence-corrected chi connectivity index (χ4v) is 6.97. The molecule has 252 valence electrons. The van der Waals surface area contributed by atoms with E-state index in [4.69, 9.17) is 16.3 Å². The number of nitrogens with zero attached hydrogens (tertiary/aromatic N) is 5. The van der Waals surface area contributed by atoms with E-state index in [9.17, 15) is 27.6 Å². The van der Waals surface area contributed by atoms with Crippen molar-refractivity contribution >= 4 is 45.6 Å². The van der Waals surface area contributed by atoms with Crippen LogP contribution in [-0.4, -0.2) is 56.8 Å². The molecule has 3 atom stereocenters. The Labute approximate surface area is 282 Å². The van der Waals surface area contributed by atoms with Gasteiger partial charge in [-0.2, -0.15) is 23.4 Å². The lowest BCUT2D eigenvalue weighted by molar-refractivity contribution is -0.137. The maximum Gasteiger partial charge on any atom is 0.416 e. The summed E-state index contributed by atoms with van der Waals surface area (Å²) in [6, 6.07) is 8.19. The van der Waals surface area contributed by atoms with Crippen molar-refractivity contribution in [2.75, 3.05) is 23.3 Å². The van der Waals surface area contributed by atoms with Gasteiger partial charge in [0.1, 0.15) is 11.6 Å². The SMILES string of the molecule is O=C1CCC(n2ncc3cc(N4CC(C#Cc5cnn(C6(C(=O)Nc7ccc(C(F)(F)F)cc7Cl)CCC6)c5)C4)ccc3c2=O)C2OC2N1. The van der Waals surface area contributed by atoms with E-state index in [0.717, 1.165) is 35.7 Å². The molecular formula is C34H29ClF3N7O4. The van der Waals surface area contributed by atoms with Crippen LogP contribution in [0.5, 0.6) is 0 Å². The van der Waals surface area contributed by atoms with Crippen LogP contribution < -0.4 is 21.1 Å². The number of epoxide rings is 1. The van der Waals surface area contributed by atoms with Crippen LogP contribution in [0.1, 0.15) is 49.3 Å². The van der Waals surface area contributed by atoms with E-state index in [1.807, 2.05) is 18.2 Å². The van der Waals surface area contributed by atoms with Crippen molar-refractivity contribution in [3.63, 3.8) is 0 Å². The number of nitrogens with one attached hydrogen (secondary N) is 2. The summed E-state index contributed by atoms with van der Waals surface area (Å²) < 4.78 is 47.7. The van der Waals surface area contributed by atoms with E-state index >= 15 is 0 Å². The van der Waals surface area contributed by atoms with E-state index in [-0.39, 0.29) is 46.5 Å². The molecule has 0 spiro atoms. The standard InChI is InChI=1S/C34H29ClF3N7O4/c35-25-13-22(34(36,37)38)4-7-26(25)41-32(48)33(10-1-11-33)44-18-19(14-39-44)2-3-20-16-43(17-20)23-5-6-24-21(12-23)15-40-45(31(24)47)27-8-9-28(46)42-30-29(27)49-30/h4-7,12-15,18,20,27,29-30H,1,8-11,16-17H2,(H,41,48)(H,42,46).